The van der Waals surface area contributed by atoms with Gasteiger partial charge in [0.1, 0.15) is 6.54 Å². The van der Waals surface area contributed by atoms with E-state index in [0.29, 0.717) is 18.5 Å². The lowest BCUT2D eigenvalue weighted by atomic mass is 9.97. The van der Waals surface area contributed by atoms with Crippen molar-refractivity contribution in [2.24, 2.45) is 5.92 Å². The molecule has 1 unspecified atom stereocenters. The molecular weight excluding hydrogens is 300 g/mol. The zero-order valence-electron chi connectivity index (χ0n) is 12.7. The third-order valence-corrected chi connectivity index (χ3v) is 3.74. The maximum atomic E-state index is 12.2. The van der Waals surface area contributed by atoms with E-state index in [1.165, 1.54) is 4.90 Å². The smallest absolute Gasteiger partial charge is 0.323 e. The van der Waals surface area contributed by atoms with Gasteiger partial charge in [0.2, 0.25) is 11.8 Å². The van der Waals surface area contributed by atoms with Gasteiger partial charge < -0.3 is 10.0 Å². The van der Waals surface area contributed by atoms with Gasteiger partial charge >= 0.3 is 5.97 Å². The van der Waals surface area contributed by atoms with Crippen molar-refractivity contribution < 1.29 is 24.3 Å². The molecule has 1 aromatic rings. The second-order valence-corrected chi connectivity index (χ2v) is 5.43. The van der Waals surface area contributed by atoms with Crippen LogP contribution in [-0.2, 0) is 20.8 Å². The highest BCUT2D eigenvalue weighted by Gasteiger charge is 2.30. The first-order valence-electron chi connectivity index (χ1n) is 7.34. The zero-order valence-corrected chi connectivity index (χ0v) is 12.7. The third kappa shape index (κ3) is 4.15. The Bertz CT molecular complexity index is 638. The van der Waals surface area contributed by atoms with E-state index in [9.17, 15) is 19.2 Å². The molecule has 0 saturated carbocycles. The summed E-state index contributed by atoms with van der Waals surface area (Å²) in [6.45, 7) is 1.67. The summed E-state index contributed by atoms with van der Waals surface area (Å²) in [6, 6.07) is 6.66. The Morgan fingerprint density at radius 1 is 1.26 bits per heavy atom. The average Bonchev–Trinajstić information content (AvgIpc) is 2.82. The van der Waals surface area contributed by atoms with Gasteiger partial charge in [-0.05, 0) is 31.0 Å². The molecule has 1 atom stereocenters. The summed E-state index contributed by atoms with van der Waals surface area (Å²) in [6.07, 6.45) is 0.612. The highest BCUT2D eigenvalue weighted by Crippen LogP contribution is 2.18. The number of rotatable bonds is 6. The normalized spacial score (nSPS) is 17.0. The van der Waals surface area contributed by atoms with Crippen molar-refractivity contribution >= 4 is 23.7 Å². The quantitative estimate of drug-likeness (QED) is 0.741. The van der Waals surface area contributed by atoms with Crippen LogP contribution in [-0.4, -0.2) is 46.8 Å². The van der Waals surface area contributed by atoms with Gasteiger partial charge in [0.05, 0.1) is 5.92 Å². The van der Waals surface area contributed by atoms with Crippen molar-refractivity contribution in [1.82, 2.24) is 10.2 Å². The molecule has 1 fully saturated rings. The number of hydrogen-bond donors (Lipinski definition) is 2. The Balaban J connectivity index is 2.04. The van der Waals surface area contributed by atoms with Crippen LogP contribution in [0.1, 0.15) is 29.3 Å². The van der Waals surface area contributed by atoms with Gasteiger partial charge in [-0.2, -0.15) is 0 Å². The van der Waals surface area contributed by atoms with E-state index in [2.05, 4.69) is 5.32 Å². The number of amides is 3. The SMILES string of the molecule is CCN(CC(=O)O)C(=O)c1ccc(CC2CC(=O)NC2=O)cc1. The fourth-order valence-electron chi connectivity index (χ4n) is 2.51. The number of benzene rings is 1. The molecule has 3 amide bonds. The van der Waals surface area contributed by atoms with Gasteiger partial charge in [-0.25, -0.2) is 0 Å². The van der Waals surface area contributed by atoms with E-state index in [1.807, 2.05) is 0 Å². The topological polar surface area (TPSA) is 104 Å². The average molecular weight is 318 g/mol. The summed E-state index contributed by atoms with van der Waals surface area (Å²) in [5, 5.41) is 11.1. The minimum atomic E-state index is -1.06. The largest absolute Gasteiger partial charge is 0.480 e. The summed E-state index contributed by atoms with van der Waals surface area (Å²) in [5.74, 6) is -2.32. The number of nitrogens with one attached hydrogen (secondary N) is 1. The Hall–Kier alpha value is -2.70. The Morgan fingerprint density at radius 2 is 1.91 bits per heavy atom. The fourth-order valence-corrected chi connectivity index (χ4v) is 2.51. The van der Waals surface area contributed by atoms with Crippen LogP contribution in [0.5, 0.6) is 0 Å². The zero-order chi connectivity index (χ0) is 17.0. The second-order valence-electron chi connectivity index (χ2n) is 5.43. The summed E-state index contributed by atoms with van der Waals surface area (Å²) < 4.78 is 0. The van der Waals surface area contributed by atoms with Crippen LogP contribution in [0.2, 0.25) is 0 Å². The molecule has 0 aromatic heterocycles. The number of nitrogens with zero attached hydrogens (tertiary/aromatic N) is 1. The van der Waals surface area contributed by atoms with E-state index in [1.54, 1.807) is 31.2 Å². The number of carboxylic acid groups (broad SMARTS) is 1. The van der Waals surface area contributed by atoms with Crippen LogP contribution in [0.15, 0.2) is 24.3 Å². The maximum Gasteiger partial charge on any atom is 0.323 e. The molecule has 2 N–H and O–H groups in total. The molecule has 0 radical (unpaired) electrons. The van der Waals surface area contributed by atoms with Crippen LogP contribution in [0.4, 0.5) is 0 Å². The monoisotopic (exact) mass is 318 g/mol. The number of imide groups is 1. The number of carboxylic acids is 1. The minimum absolute atomic E-state index is 0.182. The van der Waals surface area contributed by atoms with Crippen LogP contribution in [0, 0.1) is 5.92 Å². The van der Waals surface area contributed by atoms with Crippen molar-refractivity contribution in [2.75, 3.05) is 13.1 Å². The van der Waals surface area contributed by atoms with Crippen molar-refractivity contribution in [3.8, 4) is 0 Å². The predicted octanol–water partition coefficient (Wildman–Crippen LogP) is 0.438. The lowest BCUT2D eigenvalue weighted by Gasteiger charge is -2.18. The molecule has 1 aliphatic heterocycles. The molecule has 7 nitrogen and oxygen atoms in total. The molecule has 2 rings (SSSR count). The highest BCUT2D eigenvalue weighted by molar-refractivity contribution is 6.03. The van der Waals surface area contributed by atoms with Gasteiger partial charge in [-0.3, -0.25) is 24.5 Å². The minimum Gasteiger partial charge on any atom is -0.480 e. The van der Waals surface area contributed by atoms with Crippen LogP contribution >= 0.6 is 0 Å². The lowest BCUT2D eigenvalue weighted by molar-refractivity contribution is -0.137. The molecule has 122 valence electrons. The van der Waals surface area contributed by atoms with Gasteiger partial charge in [0, 0.05) is 18.5 Å². The van der Waals surface area contributed by atoms with E-state index in [-0.39, 0.29) is 36.6 Å². The standard InChI is InChI=1S/C16H18N2O5/c1-2-18(9-14(20)21)16(23)11-5-3-10(4-6-11)7-12-8-13(19)17-15(12)22/h3-6,12H,2,7-9H2,1H3,(H,20,21)(H,17,19,22). The molecule has 1 aliphatic rings. The molecule has 0 spiro atoms. The lowest BCUT2D eigenvalue weighted by Crippen LogP contribution is -2.35. The highest BCUT2D eigenvalue weighted by atomic mass is 16.4. The summed E-state index contributed by atoms with van der Waals surface area (Å²) in [4.78, 5) is 46.9. The van der Waals surface area contributed by atoms with Crippen molar-refractivity contribution in [2.45, 2.75) is 19.8 Å². The fraction of sp³-hybridized carbons (Fsp3) is 0.375. The number of hydrogen-bond acceptors (Lipinski definition) is 4. The molecule has 0 aliphatic carbocycles. The first kappa shape index (κ1) is 16.7. The van der Waals surface area contributed by atoms with Crippen LogP contribution in [0.25, 0.3) is 0 Å². The van der Waals surface area contributed by atoms with Crippen LogP contribution in [0.3, 0.4) is 0 Å². The van der Waals surface area contributed by atoms with Crippen LogP contribution < -0.4 is 5.32 Å². The Kier molecular flexibility index (Phi) is 5.10. The molecular formula is C16H18N2O5. The van der Waals surface area contributed by atoms with E-state index in [0.717, 1.165) is 5.56 Å². The third-order valence-electron chi connectivity index (χ3n) is 3.74. The summed E-state index contributed by atoms with van der Waals surface area (Å²) in [5.41, 5.74) is 1.24. The number of carbonyl (C=O) groups excluding carboxylic acids is 3. The molecule has 7 heteroatoms. The summed E-state index contributed by atoms with van der Waals surface area (Å²) >= 11 is 0. The molecule has 1 saturated heterocycles. The predicted molar refractivity (Wildman–Crippen MR) is 80.6 cm³/mol. The van der Waals surface area contributed by atoms with Crippen molar-refractivity contribution in [3.05, 3.63) is 35.4 Å². The molecule has 0 bridgehead atoms. The number of carbonyl (C=O) groups is 4. The number of likely N-dealkylation sites (N-methyl/N-ethyl adjacent to an activating group) is 1. The van der Waals surface area contributed by atoms with E-state index in [4.69, 9.17) is 5.11 Å². The van der Waals surface area contributed by atoms with Crippen molar-refractivity contribution in [1.29, 1.82) is 0 Å². The van der Waals surface area contributed by atoms with Gasteiger partial charge in [-0.15, -0.1) is 0 Å². The molecule has 23 heavy (non-hydrogen) atoms. The van der Waals surface area contributed by atoms with Gasteiger partial charge in [0.25, 0.3) is 5.91 Å². The van der Waals surface area contributed by atoms with Gasteiger partial charge in [-0.1, -0.05) is 12.1 Å². The molecule has 1 heterocycles. The maximum absolute atomic E-state index is 12.2. The van der Waals surface area contributed by atoms with Gasteiger partial charge in [0.15, 0.2) is 0 Å². The van der Waals surface area contributed by atoms with E-state index >= 15 is 0 Å². The summed E-state index contributed by atoms with van der Waals surface area (Å²) in [7, 11) is 0. The second kappa shape index (κ2) is 7.04. The Morgan fingerprint density at radius 3 is 2.39 bits per heavy atom. The first-order chi connectivity index (χ1) is 10.9. The van der Waals surface area contributed by atoms with E-state index < -0.39 is 5.97 Å². The first-order valence-corrected chi connectivity index (χ1v) is 7.34. The number of aliphatic carboxylic acids is 1. The van der Waals surface area contributed by atoms with Crippen molar-refractivity contribution in [3.63, 3.8) is 0 Å². The Labute approximate surface area is 133 Å². The molecule has 1 aromatic carbocycles.